The molecule has 35 heavy (non-hydrogen) atoms. The molecule has 1 N–H and O–H groups in total. The molecule has 0 bridgehead atoms. The van der Waals surface area contributed by atoms with Gasteiger partial charge < -0.3 is 19.5 Å². The van der Waals surface area contributed by atoms with Crippen LogP contribution in [0.25, 0.3) is 0 Å². The average Bonchev–Trinajstić information content (AvgIpc) is 3.65. The van der Waals surface area contributed by atoms with Gasteiger partial charge in [0.1, 0.15) is 11.8 Å². The second kappa shape index (κ2) is 8.20. The molecule has 4 heterocycles. The van der Waals surface area contributed by atoms with E-state index in [1.54, 1.807) is 19.4 Å². The summed E-state index contributed by atoms with van der Waals surface area (Å²) in [6.45, 7) is 7.08. The van der Waals surface area contributed by atoms with Crippen molar-refractivity contribution < 1.29 is 19.4 Å². The Morgan fingerprint density at radius 2 is 2.06 bits per heavy atom. The Labute approximate surface area is 207 Å². The second-order valence-electron chi connectivity index (χ2n) is 10.9. The van der Waals surface area contributed by atoms with Crippen LogP contribution < -0.4 is 9.47 Å². The van der Waals surface area contributed by atoms with Crippen molar-refractivity contribution in [2.45, 2.75) is 62.7 Å². The van der Waals surface area contributed by atoms with Crippen molar-refractivity contribution >= 4 is 5.91 Å². The van der Waals surface area contributed by atoms with Crippen LogP contribution in [0.5, 0.6) is 11.5 Å². The lowest BCUT2D eigenvalue weighted by Crippen LogP contribution is -2.70. The summed E-state index contributed by atoms with van der Waals surface area (Å²) in [5.41, 5.74) is 0.931. The first-order chi connectivity index (χ1) is 16.9. The fourth-order valence-corrected chi connectivity index (χ4v) is 7.02. The number of benzene rings is 1. The number of piperidine rings is 1. The third-order valence-corrected chi connectivity index (χ3v) is 9.12. The zero-order valence-electron chi connectivity index (χ0n) is 20.9. The monoisotopic (exact) mass is 477 g/mol. The van der Waals surface area contributed by atoms with Crippen LogP contribution in [0.2, 0.25) is 0 Å². The smallest absolute Gasteiger partial charge is 0.272 e. The molecule has 2 aromatic rings. The number of rotatable bonds is 4. The summed E-state index contributed by atoms with van der Waals surface area (Å²) in [5, 5.41) is 12.8. The van der Waals surface area contributed by atoms with Gasteiger partial charge in [-0.05, 0) is 75.8 Å². The molecule has 186 valence electrons. The minimum absolute atomic E-state index is 0.0515. The highest BCUT2D eigenvalue weighted by Gasteiger charge is 2.68. The van der Waals surface area contributed by atoms with Gasteiger partial charge in [0.2, 0.25) is 0 Å². The summed E-state index contributed by atoms with van der Waals surface area (Å²) in [7, 11) is 1.66. The van der Waals surface area contributed by atoms with Crippen molar-refractivity contribution in [3.05, 3.63) is 53.3 Å². The van der Waals surface area contributed by atoms with E-state index in [1.807, 2.05) is 23.1 Å². The van der Waals surface area contributed by atoms with Crippen molar-refractivity contribution in [1.82, 2.24) is 14.8 Å². The van der Waals surface area contributed by atoms with Crippen LogP contribution in [0.4, 0.5) is 0 Å². The topological polar surface area (TPSA) is 75.1 Å². The van der Waals surface area contributed by atoms with Gasteiger partial charge >= 0.3 is 0 Å². The fourth-order valence-electron chi connectivity index (χ4n) is 7.02. The molecule has 1 amide bonds. The van der Waals surface area contributed by atoms with Gasteiger partial charge in [0.15, 0.2) is 11.5 Å². The predicted octanol–water partition coefficient (Wildman–Crippen LogP) is 3.18. The molecule has 1 spiro atoms. The minimum Gasteiger partial charge on any atom is -0.493 e. The lowest BCUT2D eigenvalue weighted by atomic mass is 9.56. The number of aliphatic hydroxyl groups is 1. The molecule has 1 aromatic carbocycles. The zero-order valence-corrected chi connectivity index (χ0v) is 20.9. The Kier molecular flexibility index (Phi) is 5.34. The number of likely N-dealkylation sites (tertiary alicyclic amines) is 2. The number of ether oxygens (including phenoxy) is 2. The number of carbonyl (C=O) groups is 1. The number of aryl methyl sites for hydroxylation is 1. The van der Waals surface area contributed by atoms with Crippen molar-refractivity contribution in [2.75, 3.05) is 33.3 Å². The number of carbonyl (C=O) groups excluding carboxylic acids is 1. The number of pyridine rings is 1. The molecule has 7 nitrogen and oxygen atoms in total. The molecule has 1 saturated carbocycles. The van der Waals surface area contributed by atoms with E-state index in [0.717, 1.165) is 42.3 Å². The first-order valence-corrected chi connectivity index (χ1v) is 12.9. The summed E-state index contributed by atoms with van der Waals surface area (Å²) in [5.74, 6) is 2.04. The van der Waals surface area contributed by atoms with Gasteiger partial charge in [-0.1, -0.05) is 12.1 Å². The molecule has 1 aromatic heterocycles. The minimum atomic E-state index is -1.05. The number of methoxy groups -OCH3 is 1. The van der Waals surface area contributed by atoms with Crippen molar-refractivity contribution in [3.8, 4) is 11.5 Å². The van der Waals surface area contributed by atoms with Gasteiger partial charge in [0.05, 0.1) is 24.7 Å². The quantitative estimate of drug-likeness (QED) is 0.729. The van der Waals surface area contributed by atoms with E-state index >= 15 is 0 Å². The third-order valence-electron chi connectivity index (χ3n) is 9.12. The van der Waals surface area contributed by atoms with E-state index in [9.17, 15) is 9.90 Å². The van der Waals surface area contributed by atoms with Gasteiger partial charge in [-0.15, -0.1) is 0 Å². The van der Waals surface area contributed by atoms with Crippen molar-refractivity contribution in [2.24, 2.45) is 5.92 Å². The maximum absolute atomic E-state index is 13.5. The standard InChI is InChI=1S/C28H35N3O4/c1-18-7-10-22(34-3)25-24(18)27-11-14-30(16-20-8-9-20)19(2)28(27,33)12-15-31(17-23(27)35-25)26(32)21-6-4-5-13-29-21/h4-7,10,13,19-20,23,33H,8-9,11-12,14-17H2,1-3H3/t19?,23-,27?,28?/m0/s1. The van der Waals surface area contributed by atoms with E-state index in [-0.39, 0.29) is 18.1 Å². The first-order valence-electron chi connectivity index (χ1n) is 12.9. The highest BCUT2D eigenvalue weighted by molar-refractivity contribution is 5.92. The van der Waals surface area contributed by atoms with Crippen molar-refractivity contribution in [1.29, 1.82) is 0 Å². The normalized spacial score (nSPS) is 32.2. The maximum Gasteiger partial charge on any atom is 0.272 e. The van der Waals surface area contributed by atoms with E-state index in [2.05, 4.69) is 29.8 Å². The number of hydrogen-bond acceptors (Lipinski definition) is 6. The Morgan fingerprint density at radius 3 is 2.77 bits per heavy atom. The molecule has 4 aliphatic rings. The molecule has 7 heteroatoms. The largest absolute Gasteiger partial charge is 0.493 e. The molecule has 1 aliphatic carbocycles. The number of aromatic nitrogens is 1. The summed E-state index contributed by atoms with van der Waals surface area (Å²) in [6.07, 6.45) is 5.13. The second-order valence-corrected chi connectivity index (χ2v) is 10.9. The fraction of sp³-hybridized carbons (Fsp3) is 0.571. The zero-order chi connectivity index (χ0) is 24.4. The lowest BCUT2D eigenvalue weighted by molar-refractivity contribution is -0.151. The number of amides is 1. The molecule has 4 atom stereocenters. The molecule has 0 radical (unpaired) electrons. The van der Waals surface area contributed by atoms with Crippen LogP contribution in [0.3, 0.4) is 0 Å². The molecular formula is C28H35N3O4. The lowest BCUT2D eigenvalue weighted by Gasteiger charge is -2.57. The highest BCUT2D eigenvalue weighted by Crippen LogP contribution is 2.60. The van der Waals surface area contributed by atoms with Gasteiger partial charge in [0, 0.05) is 30.9 Å². The number of hydrogen-bond donors (Lipinski definition) is 1. The van der Waals surface area contributed by atoms with Gasteiger partial charge in [-0.25, -0.2) is 0 Å². The van der Waals surface area contributed by atoms with Crippen LogP contribution >= 0.6 is 0 Å². The Hall–Kier alpha value is -2.64. The molecule has 2 saturated heterocycles. The van der Waals surface area contributed by atoms with Gasteiger partial charge in [-0.3, -0.25) is 14.7 Å². The van der Waals surface area contributed by atoms with E-state index in [0.29, 0.717) is 31.0 Å². The van der Waals surface area contributed by atoms with Gasteiger partial charge in [-0.2, -0.15) is 0 Å². The molecule has 3 unspecified atom stereocenters. The Balaban J connectivity index is 1.46. The van der Waals surface area contributed by atoms with E-state index in [4.69, 9.17) is 9.47 Å². The predicted molar refractivity (Wildman–Crippen MR) is 132 cm³/mol. The van der Waals surface area contributed by atoms with Crippen molar-refractivity contribution in [3.63, 3.8) is 0 Å². The third kappa shape index (κ3) is 3.31. The SMILES string of the molecule is COc1ccc(C)c2c1O[C@H]1CN(C(=O)c3ccccn3)CCC3(O)C(C)N(CC4CC4)CCC213. The highest BCUT2D eigenvalue weighted by atomic mass is 16.5. The average molecular weight is 478 g/mol. The first kappa shape index (κ1) is 22.8. The summed E-state index contributed by atoms with van der Waals surface area (Å²) >= 11 is 0. The number of nitrogens with zero attached hydrogens (tertiary/aromatic N) is 3. The molecule has 3 fully saturated rings. The summed E-state index contributed by atoms with van der Waals surface area (Å²) < 4.78 is 12.4. The molecule has 6 rings (SSSR count). The van der Waals surface area contributed by atoms with E-state index in [1.165, 1.54) is 12.8 Å². The molecular weight excluding hydrogens is 442 g/mol. The summed E-state index contributed by atoms with van der Waals surface area (Å²) in [4.78, 5) is 22.1. The van der Waals surface area contributed by atoms with E-state index < -0.39 is 11.0 Å². The van der Waals surface area contributed by atoms with Crippen LogP contribution in [0, 0.1) is 12.8 Å². The molecule has 3 aliphatic heterocycles. The van der Waals surface area contributed by atoms with Crippen LogP contribution in [-0.2, 0) is 5.41 Å². The Morgan fingerprint density at radius 1 is 1.23 bits per heavy atom. The van der Waals surface area contributed by atoms with Crippen LogP contribution in [-0.4, -0.2) is 76.8 Å². The number of fused-ring (bicyclic) bond motifs is 1. The maximum atomic E-state index is 13.5. The van der Waals surface area contributed by atoms with Crippen LogP contribution in [0.1, 0.15) is 54.2 Å². The Bertz CT molecular complexity index is 1140. The van der Waals surface area contributed by atoms with Crippen LogP contribution in [0.15, 0.2) is 36.5 Å². The summed E-state index contributed by atoms with van der Waals surface area (Å²) in [6, 6.07) is 9.36. The van der Waals surface area contributed by atoms with Gasteiger partial charge in [0.25, 0.3) is 5.91 Å².